The molecule has 0 aromatic heterocycles. The number of benzene rings is 1. The van der Waals surface area contributed by atoms with Crippen LogP contribution < -0.4 is 4.74 Å². The average Bonchev–Trinajstić information content (AvgIpc) is 2.03. The maximum Gasteiger partial charge on any atom is 0.144 e. The SMILES string of the molecule is C=C(O)COc1ccccc1C. The molecule has 64 valence electrons. The van der Waals surface area contributed by atoms with Gasteiger partial charge in [-0.05, 0) is 18.6 Å². The van der Waals surface area contributed by atoms with Gasteiger partial charge in [0.25, 0.3) is 0 Å². The predicted molar refractivity (Wildman–Crippen MR) is 48.4 cm³/mol. The maximum absolute atomic E-state index is 8.79. The average molecular weight is 164 g/mol. The van der Waals surface area contributed by atoms with E-state index >= 15 is 0 Å². The minimum absolute atomic E-state index is 0.0400. The summed E-state index contributed by atoms with van der Waals surface area (Å²) in [6.45, 7) is 5.44. The molecule has 0 saturated carbocycles. The number of ether oxygens (including phenoxy) is 1. The number of aryl methyl sites for hydroxylation is 1. The highest BCUT2D eigenvalue weighted by Gasteiger charge is 1.97. The second-order valence-electron chi connectivity index (χ2n) is 2.62. The van der Waals surface area contributed by atoms with Gasteiger partial charge in [0.1, 0.15) is 18.1 Å². The van der Waals surface area contributed by atoms with E-state index in [0.717, 1.165) is 11.3 Å². The van der Waals surface area contributed by atoms with Gasteiger partial charge in [-0.2, -0.15) is 0 Å². The van der Waals surface area contributed by atoms with Crippen LogP contribution in [0.15, 0.2) is 36.6 Å². The van der Waals surface area contributed by atoms with Gasteiger partial charge in [-0.1, -0.05) is 24.8 Å². The lowest BCUT2D eigenvalue weighted by Gasteiger charge is -2.06. The van der Waals surface area contributed by atoms with E-state index in [9.17, 15) is 0 Å². The van der Waals surface area contributed by atoms with Crippen molar-refractivity contribution >= 4 is 0 Å². The zero-order chi connectivity index (χ0) is 8.97. The first kappa shape index (κ1) is 8.65. The van der Waals surface area contributed by atoms with Gasteiger partial charge in [0.2, 0.25) is 0 Å². The van der Waals surface area contributed by atoms with Gasteiger partial charge in [-0.3, -0.25) is 0 Å². The summed E-state index contributed by atoms with van der Waals surface area (Å²) < 4.78 is 5.25. The van der Waals surface area contributed by atoms with E-state index in [1.807, 2.05) is 31.2 Å². The second kappa shape index (κ2) is 3.81. The molecular weight excluding hydrogens is 152 g/mol. The van der Waals surface area contributed by atoms with Crippen molar-refractivity contribution in [3.8, 4) is 5.75 Å². The van der Waals surface area contributed by atoms with Crippen molar-refractivity contribution in [2.24, 2.45) is 0 Å². The maximum atomic E-state index is 8.79. The van der Waals surface area contributed by atoms with E-state index in [-0.39, 0.29) is 12.4 Å². The highest BCUT2D eigenvalue weighted by molar-refractivity contribution is 5.31. The lowest BCUT2D eigenvalue weighted by molar-refractivity contribution is 0.271. The molecule has 0 amide bonds. The molecule has 0 fully saturated rings. The first-order valence-corrected chi connectivity index (χ1v) is 3.75. The van der Waals surface area contributed by atoms with Crippen LogP contribution >= 0.6 is 0 Å². The van der Waals surface area contributed by atoms with Crippen molar-refractivity contribution in [3.05, 3.63) is 42.2 Å². The van der Waals surface area contributed by atoms with Crippen LogP contribution in [0.4, 0.5) is 0 Å². The van der Waals surface area contributed by atoms with Crippen molar-refractivity contribution in [2.45, 2.75) is 6.92 Å². The van der Waals surface area contributed by atoms with Crippen LogP contribution in [0, 0.1) is 6.92 Å². The minimum Gasteiger partial charge on any atom is -0.509 e. The molecule has 2 nitrogen and oxygen atoms in total. The second-order valence-corrected chi connectivity index (χ2v) is 2.62. The van der Waals surface area contributed by atoms with E-state index in [1.165, 1.54) is 0 Å². The zero-order valence-corrected chi connectivity index (χ0v) is 7.08. The van der Waals surface area contributed by atoms with Gasteiger partial charge < -0.3 is 9.84 Å². The number of aliphatic hydroxyl groups excluding tert-OH is 1. The summed E-state index contributed by atoms with van der Waals surface area (Å²) in [7, 11) is 0. The van der Waals surface area contributed by atoms with Crippen LogP contribution in [0.1, 0.15) is 5.56 Å². The van der Waals surface area contributed by atoms with Gasteiger partial charge in [0.05, 0.1) is 0 Å². The molecule has 12 heavy (non-hydrogen) atoms. The molecule has 0 unspecified atom stereocenters. The highest BCUT2D eigenvalue weighted by atomic mass is 16.5. The summed E-state index contributed by atoms with van der Waals surface area (Å²) in [6.07, 6.45) is 0. The Hall–Kier alpha value is -1.44. The Morgan fingerprint density at radius 2 is 2.17 bits per heavy atom. The van der Waals surface area contributed by atoms with Gasteiger partial charge in [0.15, 0.2) is 0 Å². The smallest absolute Gasteiger partial charge is 0.144 e. The molecule has 1 rings (SSSR count). The molecule has 2 heteroatoms. The minimum atomic E-state index is 0.0400. The third-order valence-corrected chi connectivity index (χ3v) is 1.49. The first-order chi connectivity index (χ1) is 5.70. The zero-order valence-electron chi connectivity index (χ0n) is 7.08. The van der Waals surface area contributed by atoms with E-state index < -0.39 is 0 Å². The van der Waals surface area contributed by atoms with Crippen LogP contribution in [0.2, 0.25) is 0 Å². The van der Waals surface area contributed by atoms with Crippen LogP contribution in [-0.4, -0.2) is 11.7 Å². The molecule has 0 saturated heterocycles. The Bertz CT molecular complexity index is 279. The number of hydrogen-bond acceptors (Lipinski definition) is 2. The van der Waals surface area contributed by atoms with Crippen LogP contribution in [0.3, 0.4) is 0 Å². The van der Waals surface area contributed by atoms with E-state index in [2.05, 4.69) is 6.58 Å². The van der Waals surface area contributed by atoms with Gasteiger partial charge in [0, 0.05) is 0 Å². The third kappa shape index (κ3) is 2.31. The summed E-state index contributed by atoms with van der Waals surface area (Å²) >= 11 is 0. The fraction of sp³-hybridized carbons (Fsp3) is 0.200. The molecule has 0 aliphatic carbocycles. The molecule has 0 radical (unpaired) electrons. The van der Waals surface area contributed by atoms with Crippen LogP contribution in [0.25, 0.3) is 0 Å². The number of para-hydroxylation sites is 1. The highest BCUT2D eigenvalue weighted by Crippen LogP contribution is 2.16. The lowest BCUT2D eigenvalue weighted by Crippen LogP contribution is -2.00. The summed E-state index contributed by atoms with van der Waals surface area (Å²) in [6, 6.07) is 7.65. The molecule has 0 heterocycles. The Balaban J connectivity index is 2.63. The number of aliphatic hydroxyl groups is 1. The summed E-state index contributed by atoms with van der Waals surface area (Å²) in [4.78, 5) is 0. The lowest BCUT2D eigenvalue weighted by atomic mass is 10.2. The number of hydrogen-bond donors (Lipinski definition) is 1. The molecule has 0 atom stereocenters. The largest absolute Gasteiger partial charge is 0.509 e. The molecule has 1 aromatic carbocycles. The van der Waals surface area contributed by atoms with Crippen LogP contribution in [-0.2, 0) is 0 Å². The fourth-order valence-corrected chi connectivity index (χ4v) is 0.879. The van der Waals surface area contributed by atoms with Crippen molar-refractivity contribution in [3.63, 3.8) is 0 Å². The summed E-state index contributed by atoms with van der Waals surface area (Å²) in [5.74, 6) is 0.825. The topological polar surface area (TPSA) is 29.5 Å². The number of rotatable bonds is 3. The third-order valence-electron chi connectivity index (χ3n) is 1.49. The quantitative estimate of drug-likeness (QED) is 0.695. The molecule has 0 spiro atoms. The monoisotopic (exact) mass is 164 g/mol. The van der Waals surface area contributed by atoms with E-state index in [1.54, 1.807) is 0 Å². The van der Waals surface area contributed by atoms with Crippen molar-refractivity contribution in [1.29, 1.82) is 0 Å². The predicted octanol–water partition coefficient (Wildman–Crippen LogP) is 2.45. The Kier molecular flexibility index (Phi) is 2.75. The fourth-order valence-electron chi connectivity index (χ4n) is 0.879. The Morgan fingerprint density at radius 3 is 2.75 bits per heavy atom. The molecule has 1 N–H and O–H groups in total. The molecule has 0 aliphatic rings. The Morgan fingerprint density at radius 1 is 1.50 bits per heavy atom. The van der Waals surface area contributed by atoms with E-state index in [0.29, 0.717) is 0 Å². The van der Waals surface area contributed by atoms with Crippen molar-refractivity contribution < 1.29 is 9.84 Å². The molecule has 0 bridgehead atoms. The summed E-state index contributed by atoms with van der Waals surface area (Å²) in [5.41, 5.74) is 1.05. The van der Waals surface area contributed by atoms with Crippen molar-refractivity contribution in [1.82, 2.24) is 0 Å². The van der Waals surface area contributed by atoms with E-state index in [4.69, 9.17) is 9.84 Å². The summed E-state index contributed by atoms with van der Waals surface area (Å²) in [5, 5.41) is 8.79. The molecule has 0 aliphatic heterocycles. The van der Waals surface area contributed by atoms with Gasteiger partial charge in [-0.25, -0.2) is 0 Å². The standard InChI is InChI=1S/C10H12O2/c1-8-5-3-4-6-10(8)12-7-9(2)11/h3-6,11H,2,7H2,1H3. The molecular formula is C10H12O2. The first-order valence-electron chi connectivity index (χ1n) is 3.75. The van der Waals surface area contributed by atoms with Crippen LogP contribution in [0.5, 0.6) is 5.75 Å². The van der Waals surface area contributed by atoms with Crippen molar-refractivity contribution in [2.75, 3.05) is 6.61 Å². The molecule has 1 aromatic rings. The van der Waals surface area contributed by atoms with Gasteiger partial charge in [-0.15, -0.1) is 0 Å². The van der Waals surface area contributed by atoms with Gasteiger partial charge >= 0.3 is 0 Å². The normalized spacial score (nSPS) is 9.42. The Labute approximate surface area is 72.1 Å².